The third-order valence-electron chi connectivity index (χ3n) is 5.15. The molecule has 0 amide bonds. The fourth-order valence-corrected chi connectivity index (χ4v) is 5.84. The van der Waals surface area contributed by atoms with Crippen LogP contribution in [0.1, 0.15) is 23.2 Å². The fourth-order valence-electron chi connectivity index (χ4n) is 3.56. The molecule has 4 aromatic rings. The standard InChI is InChI=1S/C23H21N3O5S2/c1-29-18-7-4-11-24-21(18)22(23-25-16-6-2-3-8-20(16)32-23)26-33(27,28)15-9-10-17-19(14-15)31-13-5-12-30-17/h2-4,6-11,14,22,26H,5,12-13H2,1H3/t22-/m0/s1. The largest absolute Gasteiger partial charge is 0.495 e. The third kappa shape index (κ3) is 4.37. The van der Waals surface area contributed by atoms with E-state index < -0.39 is 16.1 Å². The van der Waals surface area contributed by atoms with Gasteiger partial charge >= 0.3 is 0 Å². The van der Waals surface area contributed by atoms with Crippen molar-refractivity contribution >= 4 is 31.6 Å². The molecule has 0 unspecified atom stereocenters. The Morgan fingerprint density at radius 1 is 1.06 bits per heavy atom. The van der Waals surface area contributed by atoms with Crippen molar-refractivity contribution in [2.45, 2.75) is 17.4 Å². The van der Waals surface area contributed by atoms with Crippen LogP contribution in [0.3, 0.4) is 0 Å². The summed E-state index contributed by atoms with van der Waals surface area (Å²) in [7, 11) is -2.46. The molecule has 5 rings (SSSR count). The lowest BCUT2D eigenvalue weighted by Crippen LogP contribution is -2.30. The molecule has 3 heterocycles. The summed E-state index contributed by atoms with van der Waals surface area (Å²) in [5.41, 5.74) is 1.21. The normalized spacial score (nSPS) is 14.6. The van der Waals surface area contributed by atoms with E-state index in [0.29, 0.717) is 41.2 Å². The number of methoxy groups -OCH3 is 1. The van der Waals surface area contributed by atoms with Gasteiger partial charge in [-0.25, -0.2) is 13.4 Å². The first kappa shape index (κ1) is 21.6. The van der Waals surface area contributed by atoms with Gasteiger partial charge < -0.3 is 14.2 Å². The van der Waals surface area contributed by atoms with E-state index in [4.69, 9.17) is 14.2 Å². The van der Waals surface area contributed by atoms with Gasteiger partial charge in [-0.3, -0.25) is 4.98 Å². The Morgan fingerprint density at radius 3 is 2.70 bits per heavy atom. The van der Waals surface area contributed by atoms with E-state index in [1.165, 1.54) is 30.6 Å². The predicted molar refractivity (Wildman–Crippen MR) is 125 cm³/mol. The van der Waals surface area contributed by atoms with Crippen LogP contribution in [0.25, 0.3) is 10.2 Å². The van der Waals surface area contributed by atoms with Crippen LogP contribution < -0.4 is 18.9 Å². The monoisotopic (exact) mass is 483 g/mol. The zero-order valence-electron chi connectivity index (χ0n) is 17.7. The van der Waals surface area contributed by atoms with Gasteiger partial charge in [0.05, 0.1) is 35.4 Å². The summed E-state index contributed by atoms with van der Waals surface area (Å²) in [6.07, 6.45) is 2.33. The number of para-hydroxylation sites is 1. The van der Waals surface area contributed by atoms with Crippen LogP contribution in [0, 0.1) is 0 Å². The van der Waals surface area contributed by atoms with Crippen molar-refractivity contribution in [1.29, 1.82) is 0 Å². The van der Waals surface area contributed by atoms with Crippen molar-refractivity contribution in [3.63, 3.8) is 0 Å². The number of nitrogens with zero attached hydrogens (tertiary/aromatic N) is 2. The molecule has 1 atom stereocenters. The highest BCUT2D eigenvalue weighted by atomic mass is 32.2. The molecule has 0 saturated heterocycles. The molecule has 170 valence electrons. The molecule has 0 aliphatic carbocycles. The predicted octanol–water partition coefficient (Wildman–Crippen LogP) is 3.93. The lowest BCUT2D eigenvalue weighted by molar-refractivity contribution is 0.297. The van der Waals surface area contributed by atoms with Crippen molar-refractivity contribution in [3.05, 3.63) is 71.5 Å². The molecule has 0 radical (unpaired) electrons. The molecule has 0 saturated carbocycles. The number of pyridine rings is 1. The zero-order chi connectivity index (χ0) is 22.8. The summed E-state index contributed by atoms with van der Waals surface area (Å²) in [6, 6.07) is 14.9. The van der Waals surface area contributed by atoms with Gasteiger partial charge in [0.1, 0.15) is 22.5 Å². The number of fused-ring (bicyclic) bond motifs is 2. The van der Waals surface area contributed by atoms with Crippen LogP contribution in [0.15, 0.2) is 65.7 Å². The smallest absolute Gasteiger partial charge is 0.241 e. The van der Waals surface area contributed by atoms with Crippen LogP contribution in [0.5, 0.6) is 17.2 Å². The summed E-state index contributed by atoms with van der Waals surface area (Å²) in [4.78, 5) is 9.17. The van der Waals surface area contributed by atoms with Crippen LogP contribution in [0.4, 0.5) is 0 Å². The first-order valence-corrected chi connectivity index (χ1v) is 12.6. The topological polar surface area (TPSA) is 99.6 Å². The minimum absolute atomic E-state index is 0.0627. The molecule has 1 N–H and O–H groups in total. The van der Waals surface area contributed by atoms with E-state index in [1.54, 1.807) is 24.4 Å². The molecular weight excluding hydrogens is 462 g/mol. The maximum atomic E-state index is 13.5. The maximum absolute atomic E-state index is 13.5. The fraction of sp³-hybridized carbons (Fsp3) is 0.217. The number of hydrogen-bond acceptors (Lipinski definition) is 8. The average molecular weight is 484 g/mol. The second kappa shape index (κ2) is 8.97. The van der Waals surface area contributed by atoms with Gasteiger partial charge in [0.25, 0.3) is 0 Å². The molecule has 33 heavy (non-hydrogen) atoms. The maximum Gasteiger partial charge on any atom is 0.241 e. The van der Waals surface area contributed by atoms with Crippen molar-refractivity contribution in [2.75, 3.05) is 20.3 Å². The van der Waals surface area contributed by atoms with Gasteiger partial charge in [-0.2, -0.15) is 4.72 Å². The number of aromatic nitrogens is 2. The Kier molecular flexibility index (Phi) is 5.88. The lowest BCUT2D eigenvalue weighted by Gasteiger charge is -2.19. The third-order valence-corrected chi connectivity index (χ3v) is 7.67. The van der Waals surface area contributed by atoms with Gasteiger partial charge in [0.15, 0.2) is 11.5 Å². The Bertz CT molecular complexity index is 1370. The Morgan fingerprint density at radius 2 is 1.88 bits per heavy atom. The highest BCUT2D eigenvalue weighted by Crippen LogP contribution is 2.36. The van der Waals surface area contributed by atoms with Gasteiger partial charge in [-0.1, -0.05) is 12.1 Å². The van der Waals surface area contributed by atoms with Crippen LogP contribution in [-0.2, 0) is 10.0 Å². The second-order valence-electron chi connectivity index (χ2n) is 7.32. The number of rotatable bonds is 6. The summed E-state index contributed by atoms with van der Waals surface area (Å²) in [6.45, 7) is 0.986. The SMILES string of the molecule is COc1cccnc1[C@H](NS(=O)(=O)c1ccc2c(c1)OCCCO2)c1nc2ccccc2s1. The number of sulfonamides is 1. The van der Waals surface area contributed by atoms with Crippen molar-refractivity contribution in [1.82, 2.24) is 14.7 Å². The van der Waals surface area contributed by atoms with Crippen LogP contribution >= 0.6 is 11.3 Å². The van der Waals surface area contributed by atoms with Gasteiger partial charge in [0.2, 0.25) is 10.0 Å². The highest BCUT2D eigenvalue weighted by Gasteiger charge is 2.30. The van der Waals surface area contributed by atoms with E-state index in [1.807, 2.05) is 24.3 Å². The molecular formula is C23H21N3O5S2. The second-order valence-corrected chi connectivity index (χ2v) is 10.1. The number of nitrogens with one attached hydrogen (secondary N) is 1. The zero-order valence-corrected chi connectivity index (χ0v) is 19.4. The van der Waals surface area contributed by atoms with E-state index in [-0.39, 0.29) is 4.90 Å². The van der Waals surface area contributed by atoms with Crippen molar-refractivity contribution in [3.8, 4) is 17.2 Å². The Balaban J connectivity index is 1.57. The molecule has 0 fully saturated rings. The molecule has 1 aliphatic heterocycles. The first-order chi connectivity index (χ1) is 16.0. The molecule has 10 heteroatoms. The molecule has 0 spiro atoms. The van der Waals surface area contributed by atoms with Crippen LogP contribution in [-0.4, -0.2) is 38.7 Å². The minimum Gasteiger partial charge on any atom is -0.495 e. The minimum atomic E-state index is -3.98. The average Bonchev–Trinajstić information content (AvgIpc) is 3.12. The first-order valence-electron chi connectivity index (χ1n) is 10.3. The van der Waals surface area contributed by atoms with Crippen molar-refractivity contribution in [2.24, 2.45) is 0 Å². The Labute approximate surface area is 195 Å². The molecule has 2 aromatic carbocycles. The van der Waals surface area contributed by atoms with Crippen LogP contribution in [0.2, 0.25) is 0 Å². The molecule has 1 aliphatic rings. The summed E-state index contributed by atoms with van der Waals surface area (Å²) < 4.78 is 47.5. The molecule has 2 aromatic heterocycles. The highest BCUT2D eigenvalue weighted by molar-refractivity contribution is 7.89. The van der Waals surface area contributed by atoms with E-state index in [9.17, 15) is 8.42 Å². The number of ether oxygens (including phenoxy) is 3. The lowest BCUT2D eigenvalue weighted by atomic mass is 10.2. The number of thiazole rings is 1. The Hall–Kier alpha value is -3.21. The van der Waals surface area contributed by atoms with E-state index in [0.717, 1.165) is 16.6 Å². The summed E-state index contributed by atoms with van der Waals surface area (Å²) in [5.74, 6) is 1.39. The van der Waals surface area contributed by atoms with Crippen molar-refractivity contribution < 1.29 is 22.6 Å². The van der Waals surface area contributed by atoms with Gasteiger partial charge in [-0.15, -0.1) is 11.3 Å². The van der Waals surface area contributed by atoms with E-state index >= 15 is 0 Å². The van der Waals surface area contributed by atoms with E-state index in [2.05, 4.69) is 14.7 Å². The van der Waals surface area contributed by atoms with Gasteiger partial charge in [0, 0.05) is 18.7 Å². The molecule has 0 bridgehead atoms. The number of benzene rings is 2. The number of hydrogen-bond donors (Lipinski definition) is 1. The van der Waals surface area contributed by atoms with Gasteiger partial charge in [-0.05, 0) is 36.4 Å². The summed E-state index contributed by atoms with van der Waals surface area (Å²) in [5, 5.41) is 0.561. The quantitative estimate of drug-likeness (QED) is 0.444. The summed E-state index contributed by atoms with van der Waals surface area (Å²) >= 11 is 1.40. The molecule has 8 nitrogen and oxygen atoms in total.